The summed E-state index contributed by atoms with van der Waals surface area (Å²) in [5, 5.41) is 0.877. The summed E-state index contributed by atoms with van der Waals surface area (Å²) in [6, 6.07) is 9.91. The topological polar surface area (TPSA) is 35.5 Å². The molecule has 2 rings (SSSR count). The molecule has 0 aliphatic rings. The van der Waals surface area contributed by atoms with Crippen molar-refractivity contribution in [1.82, 2.24) is 0 Å². The number of rotatable bonds is 9. The van der Waals surface area contributed by atoms with Crippen molar-refractivity contribution in [2.24, 2.45) is 11.8 Å². The van der Waals surface area contributed by atoms with Crippen LogP contribution >= 0.6 is 8.58 Å². The fourth-order valence-corrected chi connectivity index (χ4v) is 4.07. The Morgan fingerprint density at radius 3 is 2.00 bits per heavy atom. The van der Waals surface area contributed by atoms with Crippen LogP contribution in [0.25, 0.3) is 0 Å². The Labute approximate surface area is 189 Å². The van der Waals surface area contributed by atoms with E-state index in [2.05, 4.69) is 46.8 Å². The first-order valence-corrected chi connectivity index (χ1v) is 10.8. The average Bonchev–Trinajstić information content (AvgIpc) is 2.58. The van der Waals surface area contributed by atoms with Crippen molar-refractivity contribution in [3.05, 3.63) is 52.6 Å². The van der Waals surface area contributed by atoms with Crippen molar-refractivity contribution in [3.63, 3.8) is 0 Å². The normalized spacial score (nSPS) is 11.2. The first kappa shape index (κ1) is 25.8. The van der Waals surface area contributed by atoms with Crippen LogP contribution in [0.1, 0.15) is 54.7 Å². The van der Waals surface area contributed by atoms with Gasteiger partial charge in [0.2, 0.25) is 0 Å². The van der Waals surface area contributed by atoms with E-state index in [1.807, 2.05) is 32.0 Å². The molecule has 0 heterocycles. The molecule has 152 valence electrons. The molecular formula is C24H32LiO3P. The summed E-state index contributed by atoms with van der Waals surface area (Å²) in [5.74, 6) is 2.36. The molecule has 0 spiro atoms. The largest absolute Gasteiger partial charge is 1.00 e. The first-order chi connectivity index (χ1) is 13.2. The summed E-state index contributed by atoms with van der Waals surface area (Å²) in [6.07, 6.45) is 0. The molecule has 0 aliphatic carbocycles. The van der Waals surface area contributed by atoms with Gasteiger partial charge >= 0.3 is 18.9 Å². The van der Waals surface area contributed by atoms with E-state index in [0.29, 0.717) is 33.6 Å². The molecule has 0 aromatic heterocycles. The molecule has 3 nitrogen and oxygen atoms in total. The van der Waals surface area contributed by atoms with Gasteiger partial charge in [0, 0.05) is 11.6 Å². The molecule has 0 radical (unpaired) electrons. The van der Waals surface area contributed by atoms with Crippen LogP contribution in [0, 0.1) is 32.6 Å². The van der Waals surface area contributed by atoms with Gasteiger partial charge in [0.25, 0.3) is 0 Å². The van der Waals surface area contributed by atoms with Crippen molar-refractivity contribution in [2.45, 2.75) is 48.5 Å². The summed E-state index contributed by atoms with van der Waals surface area (Å²) in [5.41, 5.74) is 4.13. The van der Waals surface area contributed by atoms with E-state index in [4.69, 9.17) is 9.47 Å². The molecule has 0 fully saturated rings. The molecule has 2 aromatic rings. The Hall–Kier alpha value is -1.26. The Balaban J connectivity index is 0.00000420. The minimum Gasteiger partial charge on any atom is -0.496 e. The second-order valence-corrected chi connectivity index (χ2v) is 9.34. The third kappa shape index (κ3) is 7.82. The summed E-state index contributed by atoms with van der Waals surface area (Å²) >= 11 is 0. The Morgan fingerprint density at radius 2 is 1.45 bits per heavy atom. The van der Waals surface area contributed by atoms with Gasteiger partial charge in [-0.3, -0.25) is 0 Å². The number of carbonyl (C=O) groups is 1. The van der Waals surface area contributed by atoms with Crippen LogP contribution in [-0.4, -0.2) is 18.7 Å². The third-order valence-electron chi connectivity index (χ3n) is 4.20. The number of aryl methyl sites for hydroxylation is 3. The van der Waals surface area contributed by atoms with Crippen LogP contribution in [0.15, 0.2) is 30.3 Å². The second-order valence-electron chi connectivity index (χ2n) is 8.23. The number of carbonyl (C=O) groups excluding carboxylic acids is 1. The molecule has 0 bridgehead atoms. The number of ether oxygens (including phenoxy) is 2. The minimum absolute atomic E-state index is 0. The van der Waals surface area contributed by atoms with E-state index >= 15 is 0 Å². The van der Waals surface area contributed by atoms with Crippen molar-refractivity contribution in [1.29, 1.82) is 0 Å². The molecule has 0 saturated carbocycles. The van der Waals surface area contributed by atoms with Gasteiger partial charge in [-0.25, -0.2) is 0 Å². The fourth-order valence-electron chi connectivity index (χ4n) is 2.99. The maximum Gasteiger partial charge on any atom is 1.00 e. The van der Waals surface area contributed by atoms with Gasteiger partial charge < -0.3 is 22.8 Å². The van der Waals surface area contributed by atoms with Gasteiger partial charge in [-0.2, -0.15) is 5.30 Å². The van der Waals surface area contributed by atoms with Crippen LogP contribution in [0.3, 0.4) is 0 Å². The molecule has 0 saturated heterocycles. The monoisotopic (exact) mass is 406 g/mol. The van der Waals surface area contributed by atoms with E-state index in [0.717, 1.165) is 33.5 Å². The summed E-state index contributed by atoms with van der Waals surface area (Å²) in [6.45, 7) is 15.8. The van der Waals surface area contributed by atoms with E-state index in [1.165, 1.54) is 5.56 Å². The summed E-state index contributed by atoms with van der Waals surface area (Å²) < 4.78 is 11.9. The molecule has 0 aliphatic heterocycles. The zero-order chi connectivity index (χ0) is 20.8. The molecule has 0 unspecified atom stereocenters. The smallest absolute Gasteiger partial charge is 0.496 e. The summed E-state index contributed by atoms with van der Waals surface area (Å²) in [4.78, 5) is 13.1. The molecule has 5 heteroatoms. The average molecular weight is 406 g/mol. The second kappa shape index (κ2) is 11.8. The van der Waals surface area contributed by atoms with Crippen LogP contribution in [0.5, 0.6) is 11.5 Å². The summed E-state index contributed by atoms with van der Waals surface area (Å²) in [7, 11) is 0.622. The number of benzene rings is 2. The maximum absolute atomic E-state index is 13.1. The van der Waals surface area contributed by atoms with E-state index < -0.39 is 0 Å². The standard InChI is InChI=1S/C24H32O3P.Li/c1-15(2)13-26-20-8-9-22(21(12-20)27-14-16(3)4)28-24(25)23-18(6)10-17(5)11-19(23)7;/h8-12,15-16H,13-14H2,1-7H3;/q-1;+1. The van der Waals surface area contributed by atoms with Crippen LogP contribution in [0.4, 0.5) is 0 Å². The molecule has 0 amide bonds. The van der Waals surface area contributed by atoms with Crippen molar-refractivity contribution < 1.29 is 33.1 Å². The minimum atomic E-state index is 0. The third-order valence-corrected chi connectivity index (χ3v) is 5.24. The van der Waals surface area contributed by atoms with Crippen molar-refractivity contribution in [2.75, 3.05) is 13.2 Å². The zero-order valence-corrected chi connectivity index (χ0v) is 20.0. The maximum atomic E-state index is 13.1. The Bertz CT molecular complexity index is 808. The predicted molar refractivity (Wildman–Crippen MR) is 119 cm³/mol. The van der Waals surface area contributed by atoms with Gasteiger partial charge in [0.1, 0.15) is 5.75 Å². The number of hydrogen-bond donors (Lipinski definition) is 0. The van der Waals surface area contributed by atoms with Gasteiger partial charge in [-0.05, 0) is 55.4 Å². The molecule has 0 atom stereocenters. The quantitative estimate of drug-likeness (QED) is 0.474. The van der Waals surface area contributed by atoms with E-state index in [-0.39, 0.29) is 24.4 Å². The van der Waals surface area contributed by atoms with Crippen molar-refractivity contribution >= 4 is 19.4 Å². The molecular weight excluding hydrogens is 374 g/mol. The zero-order valence-electron chi connectivity index (χ0n) is 19.1. The Kier molecular flexibility index (Phi) is 10.5. The SMILES string of the molecule is Cc1cc(C)c(C(=O)[P-]c2ccc(OCC(C)C)cc2OCC(C)C)c(C)c1.[Li+]. The van der Waals surface area contributed by atoms with Gasteiger partial charge in [0.05, 0.1) is 19.0 Å². The predicted octanol–water partition coefficient (Wildman–Crippen LogP) is 3.10. The van der Waals surface area contributed by atoms with E-state index in [9.17, 15) is 4.79 Å². The van der Waals surface area contributed by atoms with Crippen LogP contribution < -0.4 is 33.6 Å². The molecule has 2 aromatic carbocycles. The van der Waals surface area contributed by atoms with Crippen LogP contribution in [-0.2, 0) is 0 Å². The van der Waals surface area contributed by atoms with E-state index in [1.54, 1.807) is 0 Å². The molecule has 29 heavy (non-hydrogen) atoms. The fraction of sp³-hybridized carbons (Fsp3) is 0.458. The van der Waals surface area contributed by atoms with Crippen molar-refractivity contribution in [3.8, 4) is 11.5 Å². The van der Waals surface area contributed by atoms with Gasteiger partial charge in [-0.1, -0.05) is 51.5 Å². The number of hydrogen-bond acceptors (Lipinski definition) is 3. The Morgan fingerprint density at radius 1 is 0.897 bits per heavy atom. The van der Waals surface area contributed by atoms with Gasteiger partial charge in [-0.15, -0.1) is 0 Å². The molecule has 0 N–H and O–H groups in total. The van der Waals surface area contributed by atoms with Crippen LogP contribution in [0.2, 0.25) is 0 Å². The van der Waals surface area contributed by atoms with Gasteiger partial charge in [0.15, 0.2) is 0 Å². The first-order valence-electron chi connectivity index (χ1n) is 9.91.